The summed E-state index contributed by atoms with van der Waals surface area (Å²) in [6, 6.07) is 76.2. The summed E-state index contributed by atoms with van der Waals surface area (Å²) in [5.74, 6) is 0.341. The molecule has 0 N–H and O–H groups in total. The highest BCUT2D eigenvalue weighted by Crippen LogP contribution is 2.49. The van der Waals surface area contributed by atoms with Crippen molar-refractivity contribution in [3.8, 4) is 33.4 Å². The molecule has 2 nitrogen and oxygen atoms in total. The maximum Gasteiger partial charge on any atom is 0.0629 e. The normalized spacial score (nSPS) is 15.4. The molecule has 1 aliphatic heterocycles. The van der Waals surface area contributed by atoms with Crippen molar-refractivity contribution >= 4 is 70.7 Å². The zero-order valence-corrected chi connectivity index (χ0v) is 34.2. The fourth-order valence-corrected chi connectivity index (χ4v) is 10.7. The molecule has 2 unspecified atom stereocenters. The molecule has 10 aromatic rings. The topological polar surface area (TPSA) is 6.48 Å². The minimum atomic E-state index is 0.250. The molecule has 9 aromatic carbocycles. The second-order valence-corrected chi connectivity index (χ2v) is 17.2. The lowest BCUT2D eigenvalue weighted by Crippen LogP contribution is -2.28. The van der Waals surface area contributed by atoms with Crippen LogP contribution < -0.4 is 9.80 Å². The Morgan fingerprint density at radius 3 is 1.97 bits per heavy atom. The van der Waals surface area contributed by atoms with Gasteiger partial charge >= 0.3 is 0 Å². The summed E-state index contributed by atoms with van der Waals surface area (Å²) in [4.78, 5) is 4.93. The number of thiophene rings is 1. The summed E-state index contributed by atoms with van der Waals surface area (Å²) in [6.45, 7) is 0. The van der Waals surface area contributed by atoms with Gasteiger partial charge in [0.25, 0.3) is 0 Å². The largest absolute Gasteiger partial charge is 0.333 e. The summed E-state index contributed by atoms with van der Waals surface area (Å²) >= 11 is 1.86. The molecular weight excluding hydrogens is 757 g/mol. The van der Waals surface area contributed by atoms with Gasteiger partial charge in [0.2, 0.25) is 0 Å². The summed E-state index contributed by atoms with van der Waals surface area (Å²) in [7, 11) is 0. The number of rotatable bonds is 7. The number of hydrogen-bond acceptors (Lipinski definition) is 3. The number of benzene rings is 9. The van der Waals surface area contributed by atoms with Crippen molar-refractivity contribution < 1.29 is 0 Å². The third-order valence-electron chi connectivity index (χ3n) is 12.6. The van der Waals surface area contributed by atoms with E-state index in [9.17, 15) is 0 Å². The predicted octanol–water partition coefficient (Wildman–Crippen LogP) is 16.4. The molecule has 288 valence electrons. The monoisotopic (exact) mass is 796 g/mol. The van der Waals surface area contributed by atoms with E-state index in [-0.39, 0.29) is 6.04 Å². The Balaban J connectivity index is 0.955. The van der Waals surface area contributed by atoms with Gasteiger partial charge in [0, 0.05) is 54.4 Å². The van der Waals surface area contributed by atoms with E-state index in [1.807, 2.05) is 11.3 Å². The van der Waals surface area contributed by atoms with Gasteiger partial charge in [-0.3, -0.25) is 0 Å². The third-order valence-corrected chi connectivity index (χ3v) is 13.7. The van der Waals surface area contributed by atoms with Crippen LogP contribution in [0.1, 0.15) is 11.5 Å². The van der Waals surface area contributed by atoms with Gasteiger partial charge in [-0.25, -0.2) is 0 Å². The van der Waals surface area contributed by atoms with Crippen molar-refractivity contribution in [3.63, 3.8) is 0 Å². The SMILES string of the molecule is C1=CC2c3ccccc3N(c3ccc(N(c4ccc(-c5cccc(-c6ccc7ccccc7c6)c5)cc4)c4ccccc4-c4ccc5sc6ccccc6c5c4)cc3)C2C=C1. The molecule has 0 fully saturated rings. The second-order valence-electron chi connectivity index (χ2n) is 16.1. The Bertz CT molecular complexity index is 3340. The average molecular weight is 797 g/mol. The molecule has 0 saturated carbocycles. The zero-order valence-electron chi connectivity index (χ0n) is 33.4. The minimum absolute atomic E-state index is 0.250. The second kappa shape index (κ2) is 14.7. The van der Waals surface area contributed by atoms with E-state index in [1.165, 1.54) is 81.3 Å². The average Bonchev–Trinajstić information content (AvgIpc) is 3.88. The highest BCUT2D eigenvalue weighted by molar-refractivity contribution is 7.25. The van der Waals surface area contributed by atoms with E-state index in [4.69, 9.17) is 0 Å². The molecular formula is C58H40N2S. The highest BCUT2D eigenvalue weighted by Gasteiger charge is 2.37. The van der Waals surface area contributed by atoms with Gasteiger partial charge in [-0.1, -0.05) is 152 Å². The van der Waals surface area contributed by atoms with Gasteiger partial charge in [-0.05, 0) is 123 Å². The Morgan fingerprint density at radius 2 is 1.08 bits per heavy atom. The van der Waals surface area contributed by atoms with Crippen LogP contribution in [0.4, 0.5) is 28.4 Å². The Labute approximate surface area is 360 Å². The van der Waals surface area contributed by atoms with Crippen LogP contribution in [0.3, 0.4) is 0 Å². The van der Waals surface area contributed by atoms with Gasteiger partial charge in [0.15, 0.2) is 0 Å². The standard InChI is InChI=1S/C58H40N2S/c1-2-13-41-37-44(25-24-39(41)12-1)43-15-11-14-42(36-43)40-26-29-46(30-27-40)59(47-31-33-48(34-32-47)60-55-21-8-4-17-50(55)51-18-5-9-22-56(51)60)54-20-7-3-16-49(54)45-28-35-58-53(38-45)52-19-6-10-23-57(52)61-58/h1-38,50,55H. The molecule has 2 heterocycles. The first-order chi connectivity index (χ1) is 30.2. The maximum atomic E-state index is 2.50. The zero-order chi connectivity index (χ0) is 40.3. The van der Waals surface area contributed by atoms with Crippen LogP contribution in [0.5, 0.6) is 0 Å². The van der Waals surface area contributed by atoms with Gasteiger partial charge in [-0.2, -0.15) is 0 Å². The van der Waals surface area contributed by atoms with Crippen molar-refractivity contribution in [2.45, 2.75) is 12.0 Å². The molecule has 61 heavy (non-hydrogen) atoms. The fourth-order valence-electron chi connectivity index (χ4n) is 9.64. The van der Waals surface area contributed by atoms with Crippen LogP contribution >= 0.6 is 11.3 Å². The van der Waals surface area contributed by atoms with Crippen molar-refractivity contribution in [3.05, 3.63) is 236 Å². The maximum absolute atomic E-state index is 2.50. The van der Waals surface area contributed by atoms with Crippen molar-refractivity contribution in [2.24, 2.45) is 0 Å². The summed E-state index contributed by atoms with van der Waals surface area (Å²) in [5.41, 5.74) is 14.4. The van der Waals surface area contributed by atoms with Crippen molar-refractivity contribution in [1.29, 1.82) is 0 Å². The van der Waals surface area contributed by atoms with E-state index in [0.29, 0.717) is 5.92 Å². The van der Waals surface area contributed by atoms with Crippen LogP contribution in [0.25, 0.3) is 64.3 Å². The van der Waals surface area contributed by atoms with Crippen LogP contribution in [0.2, 0.25) is 0 Å². The molecule has 1 aromatic heterocycles. The predicted molar refractivity (Wildman–Crippen MR) is 261 cm³/mol. The van der Waals surface area contributed by atoms with Gasteiger partial charge in [0.05, 0.1) is 11.7 Å². The molecule has 0 radical (unpaired) electrons. The number of hydrogen-bond donors (Lipinski definition) is 0. The molecule has 0 saturated heterocycles. The third kappa shape index (κ3) is 6.17. The number of nitrogens with zero attached hydrogens (tertiary/aromatic N) is 2. The minimum Gasteiger partial charge on any atom is -0.333 e. The van der Waals surface area contributed by atoms with E-state index in [1.54, 1.807) is 0 Å². The molecule has 2 atom stereocenters. The number of allylic oxidation sites excluding steroid dienone is 2. The lowest BCUT2D eigenvalue weighted by molar-refractivity contribution is 0.745. The molecule has 0 bridgehead atoms. The number of anilines is 5. The Hall–Kier alpha value is -7.46. The lowest BCUT2D eigenvalue weighted by Gasteiger charge is -2.31. The Kier molecular flexibility index (Phi) is 8.53. The van der Waals surface area contributed by atoms with Crippen molar-refractivity contribution in [1.82, 2.24) is 0 Å². The first-order valence-electron chi connectivity index (χ1n) is 21.1. The molecule has 2 aliphatic rings. The molecule has 12 rings (SSSR count). The van der Waals surface area contributed by atoms with Crippen LogP contribution in [-0.2, 0) is 0 Å². The lowest BCUT2D eigenvalue weighted by atomic mass is 9.91. The molecule has 3 heteroatoms. The van der Waals surface area contributed by atoms with Gasteiger partial charge in [0.1, 0.15) is 0 Å². The number of fused-ring (bicyclic) bond motifs is 7. The molecule has 0 amide bonds. The Morgan fingerprint density at radius 1 is 0.426 bits per heavy atom. The highest BCUT2D eigenvalue weighted by atomic mass is 32.1. The smallest absolute Gasteiger partial charge is 0.0629 e. The van der Waals surface area contributed by atoms with Crippen LogP contribution in [0.15, 0.2) is 231 Å². The van der Waals surface area contributed by atoms with E-state index in [2.05, 4.69) is 240 Å². The van der Waals surface area contributed by atoms with E-state index >= 15 is 0 Å². The number of para-hydroxylation sites is 2. The summed E-state index contributed by atoms with van der Waals surface area (Å²) < 4.78 is 2.63. The molecule has 1 aliphatic carbocycles. The van der Waals surface area contributed by atoms with Crippen LogP contribution in [-0.4, -0.2) is 6.04 Å². The first-order valence-corrected chi connectivity index (χ1v) is 21.9. The van der Waals surface area contributed by atoms with Gasteiger partial charge < -0.3 is 9.80 Å². The molecule has 0 spiro atoms. The van der Waals surface area contributed by atoms with Crippen molar-refractivity contribution in [2.75, 3.05) is 9.80 Å². The van der Waals surface area contributed by atoms with Gasteiger partial charge in [-0.15, -0.1) is 11.3 Å². The first kappa shape index (κ1) is 35.5. The van der Waals surface area contributed by atoms with E-state index in [0.717, 1.165) is 17.1 Å². The summed E-state index contributed by atoms with van der Waals surface area (Å²) in [6.07, 6.45) is 9.06. The van der Waals surface area contributed by atoms with Crippen LogP contribution in [0, 0.1) is 0 Å². The quantitative estimate of drug-likeness (QED) is 0.158. The fraction of sp³-hybridized carbons (Fsp3) is 0.0345. The summed E-state index contributed by atoms with van der Waals surface area (Å²) in [5, 5.41) is 5.12. The van der Waals surface area contributed by atoms with E-state index < -0.39 is 0 Å².